The first-order valence-corrected chi connectivity index (χ1v) is 7.91. The predicted molar refractivity (Wildman–Crippen MR) is 79.6 cm³/mol. The fourth-order valence-corrected chi connectivity index (χ4v) is 4.38. The lowest BCUT2D eigenvalue weighted by Gasteiger charge is -2.26. The molecule has 0 heterocycles. The maximum atomic E-state index is 12.8. The molecular formula is C14H21N3O2S. The van der Waals surface area contributed by atoms with Crippen LogP contribution in [0.3, 0.4) is 0 Å². The van der Waals surface area contributed by atoms with E-state index in [1.165, 1.54) is 4.31 Å². The molecular weight excluding hydrogens is 274 g/mol. The first kappa shape index (κ1) is 16.5. The van der Waals surface area contributed by atoms with Gasteiger partial charge in [-0.25, -0.2) is 8.42 Å². The monoisotopic (exact) mass is 295 g/mol. The molecule has 0 bridgehead atoms. The highest BCUT2D eigenvalue weighted by molar-refractivity contribution is 7.89. The number of nitrogen functional groups attached to an aromatic ring is 1. The zero-order valence-corrected chi connectivity index (χ0v) is 13.2. The highest BCUT2D eigenvalue weighted by Gasteiger charge is 2.29. The topological polar surface area (TPSA) is 87.2 Å². The van der Waals surface area contributed by atoms with Crippen LogP contribution in [0, 0.1) is 25.2 Å². The van der Waals surface area contributed by atoms with Gasteiger partial charge in [0.2, 0.25) is 10.0 Å². The van der Waals surface area contributed by atoms with Gasteiger partial charge in [0.05, 0.1) is 11.0 Å². The molecule has 2 N–H and O–H groups in total. The largest absolute Gasteiger partial charge is 0.399 e. The summed E-state index contributed by atoms with van der Waals surface area (Å²) in [5.41, 5.74) is 7.54. The second kappa shape index (κ2) is 6.25. The Kier molecular flexibility index (Phi) is 5.15. The Morgan fingerprint density at radius 3 is 2.20 bits per heavy atom. The van der Waals surface area contributed by atoms with Crippen LogP contribution in [0.5, 0.6) is 0 Å². The number of benzene rings is 1. The first-order valence-electron chi connectivity index (χ1n) is 6.47. The lowest BCUT2D eigenvalue weighted by Crippen LogP contribution is -2.38. The van der Waals surface area contributed by atoms with Crippen LogP contribution < -0.4 is 5.73 Å². The molecule has 0 radical (unpaired) electrons. The van der Waals surface area contributed by atoms with Gasteiger partial charge in [-0.15, -0.1) is 0 Å². The van der Waals surface area contributed by atoms with E-state index in [1.54, 1.807) is 39.8 Å². The van der Waals surface area contributed by atoms with E-state index < -0.39 is 10.0 Å². The normalized spacial score (nSPS) is 11.8. The molecule has 0 aromatic heterocycles. The summed E-state index contributed by atoms with van der Waals surface area (Å²) >= 11 is 0. The number of sulfonamides is 1. The average Bonchev–Trinajstić information content (AvgIpc) is 2.26. The molecule has 110 valence electrons. The molecule has 0 amide bonds. The maximum Gasteiger partial charge on any atom is 0.243 e. The minimum absolute atomic E-state index is 0.171. The number of anilines is 1. The molecule has 0 saturated carbocycles. The van der Waals surface area contributed by atoms with Gasteiger partial charge in [-0.2, -0.15) is 9.57 Å². The average molecular weight is 295 g/mol. The van der Waals surface area contributed by atoms with Crippen LogP contribution in [-0.4, -0.2) is 25.3 Å². The van der Waals surface area contributed by atoms with Crippen molar-refractivity contribution in [1.82, 2.24) is 4.31 Å². The fraction of sp³-hybridized carbons (Fsp3) is 0.500. The van der Waals surface area contributed by atoms with Crippen molar-refractivity contribution in [1.29, 1.82) is 5.26 Å². The van der Waals surface area contributed by atoms with Crippen molar-refractivity contribution in [3.05, 3.63) is 23.3 Å². The summed E-state index contributed by atoms with van der Waals surface area (Å²) in [5, 5.41) is 8.69. The van der Waals surface area contributed by atoms with Gasteiger partial charge in [0.1, 0.15) is 0 Å². The summed E-state index contributed by atoms with van der Waals surface area (Å²) in [4.78, 5) is 0.290. The number of hydrogen-bond acceptors (Lipinski definition) is 4. The molecule has 0 aliphatic heterocycles. The van der Waals surface area contributed by atoms with E-state index in [2.05, 4.69) is 0 Å². The number of aryl methyl sites for hydroxylation is 2. The van der Waals surface area contributed by atoms with Gasteiger partial charge in [0, 0.05) is 24.7 Å². The van der Waals surface area contributed by atoms with Crippen LogP contribution in [-0.2, 0) is 10.0 Å². The summed E-state index contributed by atoms with van der Waals surface area (Å²) in [5.74, 6) is 0. The quantitative estimate of drug-likeness (QED) is 0.844. The third-order valence-electron chi connectivity index (χ3n) is 3.07. The van der Waals surface area contributed by atoms with Gasteiger partial charge in [-0.3, -0.25) is 0 Å². The highest BCUT2D eigenvalue weighted by atomic mass is 32.2. The van der Waals surface area contributed by atoms with Crippen LogP contribution >= 0.6 is 0 Å². The van der Waals surface area contributed by atoms with Crippen molar-refractivity contribution >= 4 is 15.7 Å². The highest BCUT2D eigenvalue weighted by Crippen LogP contribution is 2.27. The van der Waals surface area contributed by atoms with Crippen molar-refractivity contribution in [3.63, 3.8) is 0 Å². The van der Waals surface area contributed by atoms with Gasteiger partial charge in [0.25, 0.3) is 0 Å². The van der Waals surface area contributed by atoms with E-state index >= 15 is 0 Å². The molecule has 0 saturated heterocycles. The number of nitriles is 1. The summed E-state index contributed by atoms with van der Waals surface area (Å²) in [6.45, 7) is 7.27. The molecule has 0 unspecified atom stereocenters. The minimum atomic E-state index is -3.62. The Labute approximate surface area is 121 Å². The molecule has 6 heteroatoms. The number of nitrogens with two attached hydrogens (primary N) is 1. The standard InChI is InChI=1S/C14H21N3O2S/c1-10(2)17(7-5-6-15)20(18,19)14-11(3)8-13(16)9-12(14)4/h8-10H,5,7,16H2,1-4H3. The molecule has 0 fully saturated rings. The summed E-state index contributed by atoms with van der Waals surface area (Å²) in [6, 6.07) is 5.10. The molecule has 20 heavy (non-hydrogen) atoms. The Morgan fingerprint density at radius 2 is 1.80 bits per heavy atom. The maximum absolute atomic E-state index is 12.8. The van der Waals surface area contributed by atoms with Crippen LogP contribution in [0.15, 0.2) is 17.0 Å². The molecule has 1 rings (SSSR count). The third kappa shape index (κ3) is 3.30. The van der Waals surface area contributed by atoms with Crippen LogP contribution in [0.2, 0.25) is 0 Å². The minimum Gasteiger partial charge on any atom is -0.399 e. The van der Waals surface area contributed by atoms with Crippen LogP contribution in [0.25, 0.3) is 0 Å². The smallest absolute Gasteiger partial charge is 0.243 e. The van der Waals surface area contributed by atoms with Gasteiger partial charge < -0.3 is 5.73 Å². The molecule has 0 atom stereocenters. The second-order valence-electron chi connectivity index (χ2n) is 5.10. The lowest BCUT2D eigenvalue weighted by molar-refractivity contribution is 0.360. The van der Waals surface area contributed by atoms with Gasteiger partial charge in [-0.05, 0) is 51.0 Å². The van der Waals surface area contributed by atoms with Gasteiger partial charge in [-0.1, -0.05) is 0 Å². The number of rotatable bonds is 5. The van der Waals surface area contributed by atoms with Crippen LogP contribution in [0.4, 0.5) is 5.69 Å². The van der Waals surface area contributed by atoms with Gasteiger partial charge >= 0.3 is 0 Å². The van der Waals surface area contributed by atoms with E-state index in [0.717, 1.165) is 0 Å². The van der Waals surface area contributed by atoms with E-state index in [4.69, 9.17) is 11.0 Å². The Hall–Kier alpha value is -1.58. The molecule has 5 nitrogen and oxygen atoms in total. The second-order valence-corrected chi connectivity index (χ2v) is 6.93. The van der Waals surface area contributed by atoms with Crippen molar-refractivity contribution in [2.24, 2.45) is 0 Å². The van der Waals surface area contributed by atoms with E-state index in [-0.39, 0.29) is 19.0 Å². The Bertz CT molecular complexity index is 607. The summed E-state index contributed by atoms with van der Waals surface area (Å²) in [7, 11) is -3.62. The Morgan fingerprint density at radius 1 is 1.30 bits per heavy atom. The zero-order chi connectivity index (χ0) is 15.5. The Balaban J connectivity index is 3.38. The zero-order valence-electron chi connectivity index (χ0n) is 12.3. The van der Waals surface area contributed by atoms with E-state index in [0.29, 0.717) is 21.7 Å². The van der Waals surface area contributed by atoms with E-state index in [9.17, 15) is 8.42 Å². The van der Waals surface area contributed by atoms with Crippen molar-refractivity contribution in [3.8, 4) is 6.07 Å². The number of nitrogens with zero attached hydrogens (tertiary/aromatic N) is 2. The number of hydrogen-bond donors (Lipinski definition) is 1. The summed E-state index contributed by atoms with van der Waals surface area (Å²) < 4.78 is 27.0. The predicted octanol–water partition coefficient (Wildman–Crippen LogP) is 2.20. The molecule has 1 aromatic rings. The lowest BCUT2D eigenvalue weighted by atomic mass is 10.1. The third-order valence-corrected chi connectivity index (χ3v) is 5.45. The van der Waals surface area contributed by atoms with Crippen LogP contribution in [0.1, 0.15) is 31.4 Å². The summed E-state index contributed by atoms with van der Waals surface area (Å²) in [6.07, 6.45) is 0.171. The molecule has 1 aromatic carbocycles. The first-order chi connectivity index (χ1) is 9.21. The molecule has 0 aliphatic carbocycles. The van der Waals surface area contributed by atoms with Gasteiger partial charge in [0.15, 0.2) is 0 Å². The SMILES string of the molecule is Cc1cc(N)cc(C)c1S(=O)(=O)N(CCC#N)C(C)C. The van der Waals surface area contributed by atoms with Crippen molar-refractivity contribution in [2.75, 3.05) is 12.3 Å². The van der Waals surface area contributed by atoms with Crippen molar-refractivity contribution < 1.29 is 8.42 Å². The van der Waals surface area contributed by atoms with E-state index in [1.807, 2.05) is 6.07 Å². The fourth-order valence-electron chi connectivity index (χ4n) is 2.32. The molecule has 0 spiro atoms. The van der Waals surface area contributed by atoms with Crippen molar-refractivity contribution in [2.45, 2.75) is 45.1 Å². The molecule has 0 aliphatic rings.